The van der Waals surface area contributed by atoms with Crippen molar-refractivity contribution < 1.29 is 0 Å². The zero-order valence-corrected chi connectivity index (χ0v) is 9.38. The maximum Gasteiger partial charge on any atom is 0.0244 e. The molecule has 76 valence electrons. The van der Waals surface area contributed by atoms with Gasteiger partial charge in [-0.05, 0) is 33.7 Å². The van der Waals surface area contributed by atoms with Gasteiger partial charge in [-0.3, -0.25) is 9.80 Å². The van der Waals surface area contributed by atoms with Crippen molar-refractivity contribution in [3.05, 3.63) is 0 Å². The Bertz CT molecular complexity index is 195. The normalized spacial score (nSPS) is 36.0. The highest BCUT2D eigenvalue weighted by atomic mass is 15.4. The first-order chi connectivity index (χ1) is 6.02. The first-order valence-electron chi connectivity index (χ1n) is 5.53. The highest BCUT2D eigenvalue weighted by Crippen LogP contribution is 2.34. The number of rotatable bonds is 1. The van der Waals surface area contributed by atoms with Crippen LogP contribution in [0, 0.1) is 0 Å². The van der Waals surface area contributed by atoms with E-state index in [1.165, 1.54) is 26.1 Å². The van der Waals surface area contributed by atoms with Crippen molar-refractivity contribution in [3.8, 4) is 0 Å². The third-order valence-corrected chi connectivity index (χ3v) is 3.62. The summed E-state index contributed by atoms with van der Waals surface area (Å²) in [5, 5.41) is 0. The largest absolute Gasteiger partial charge is 0.298 e. The summed E-state index contributed by atoms with van der Waals surface area (Å²) >= 11 is 0. The van der Waals surface area contributed by atoms with E-state index in [1.54, 1.807) is 0 Å². The van der Waals surface area contributed by atoms with Crippen LogP contribution >= 0.6 is 0 Å². The lowest BCUT2D eigenvalue weighted by molar-refractivity contribution is 0.0597. The predicted octanol–water partition coefficient (Wildman–Crippen LogP) is 1.56. The fourth-order valence-electron chi connectivity index (χ4n) is 2.96. The van der Waals surface area contributed by atoms with E-state index in [-0.39, 0.29) is 0 Å². The minimum Gasteiger partial charge on any atom is -0.298 e. The molecule has 0 saturated carbocycles. The van der Waals surface area contributed by atoms with Crippen molar-refractivity contribution in [1.82, 2.24) is 9.80 Å². The second kappa shape index (κ2) is 2.96. The molecule has 2 saturated heterocycles. The molecule has 2 heterocycles. The Morgan fingerprint density at radius 2 is 1.85 bits per heavy atom. The molecular formula is C11H22N2. The quantitative estimate of drug-likeness (QED) is 0.607. The Morgan fingerprint density at radius 3 is 2.23 bits per heavy atom. The molecule has 2 nitrogen and oxygen atoms in total. The zero-order valence-electron chi connectivity index (χ0n) is 9.38. The standard InChI is InChI=1S/C11H22N2/c1-5-12-7-10-6-9(12)8-13(10)11(2,3)4/h9-10H,5-8H2,1-4H3. The summed E-state index contributed by atoms with van der Waals surface area (Å²) in [5.41, 5.74) is 0.374. The Morgan fingerprint density at radius 1 is 1.15 bits per heavy atom. The SMILES string of the molecule is CCN1CC2CC1CN2C(C)(C)C. The summed E-state index contributed by atoms with van der Waals surface area (Å²) in [6.07, 6.45) is 1.41. The second-order valence-electron chi connectivity index (χ2n) is 5.45. The maximum absolute atomic E-state index is 2.68. The van der Waals surface area contributed by atoms with Gasteiger partial charge in [0.1, 0.15) is 0 Å². The molecule has 2 fully saturated rings. The van der Waals surface area contributed by atoms with Crippen LogP contribution in [0.5, 0.6) is 0 Å². The van der Waals surface area contributed by atoms with Gasteiger partial charge in [0.15, 0.2) is 0 Å². The minimum atomic E-state index is 0.374. The van der Waals surface area contributed by atoms with Gasteiger partial charge < -0.3 is 0 Å². The Hall–Kier alpha value is -0.0800. The lowest BCUT2D eigenvalue weighted by Gasteiger charge is -2.41. The van der Waals surface area contributed by atoms with E-state index in [2.05, 4.69) is 37.5 Å². The van der Waals surface area contributed by atoms with Gasteiger partial charge in [-0.25, -0.2) is 0 Å². The molecule has 2 aliphatic heterocycles. The van der Waals surface area contributed by atoms with E-state index in [0.29, 0.717) is 5.54 Å². The molecule has 2 aliphatic rings. The van der Waals surface area contributed by atoms with Crippen LogP contribution in [-0.4, -0.2) is 47.1 Å². The van der Waals surface area contributed by atoms with Gasteiger partial charge in [0.2, 0.25) is 0 Å². The predicted molar refractivity (Wildman–Crippen MR) is 55.9 cm³/mol. The van der Waals surface area contributed by atoms with Gasteiger partial charge in [-0.1, -0.05) is 6.92 Å². The Balaban J connectivity index is 2.03. The number of nitrogens with zero attached hydrogens (tertiary/aromatic N) is 2. The van der Waals surface area contributed by atoms with Crippen LogP contribution in [0.15, 0.2) is 0 Å². The molecular weight excluding hydrogens is 160 g/mol. The summed E-state index contributed by atoms with van der Waals surface area (Å²) in [7, 11) is 0. The number of likely N-dealkylation sites (tertiary alicyclic amines) is 2. The molecule has 2 atom stereocenters. The molecule has 13 heavy (non-hydrogen) atoms. The van der Waals surface area contributed by atoms with Crippen LogP contribution in [0.25, 0.3) is 0 Å². The lowest BCUT2D eigenvalue weighted by Crippen LogP contribution is -2.53. The van der Waals surface area contributed by atoms with Crippen molar-refractivity contribution in [3.63, 3.8) is 0 Å². The molecule has 0 amide bonds. The van der Waals surface area contributed by atoms with E-state index in [1.807, 2.05) is 0 Å². The summed E-state index contributed by atoms with van der Waals surface area (Å²) in [4.78, 5) is 5.32. The fourth-order valence-corrected chi connectivity index (χ4v) is 2.96. The van der Waals surface area contributed by atoms with E-state index in [9.17, 15) is 0 Å². The average molecular weight is 182 g/mol. The first kappa shape index (κ1) is 9.47. The summed E-state index contributed by atoms with van der Waals surface area (Å²) in [6, 6.07) is 1.69. The highest BCUT2D eigenvalue weighted by molar-refractivity contribution is 5.02. The van der Waals surface area contributed by atoms with Crippen molar-refractivity contribution >= 4 is 0 Å². The van der Waals surface area contributed by atoms with E-state index >= 15 is 0 Å². The maximum atomic E-state index is 2.68. The number of hydrogen-bond acceptors (Lipinski definition) is 2. The molecule has 0 aromatic rings. The minimum absolute atomic E-state index is 0.374. The summed E-state index contributed by atoms with van der Waals surface area (Å²) < 4.78 is 0. The highest BCUT2D eigenvalue weighted by Gasteiger charge is 2.45. The molecule has 0 radical (unpaired) electrons. The van der Waals surface area contributed by atoms with Crippen LogP contribution in [0.1, 0.15) is 34.1 Å². The van der Waals surface area contributed by atoms with Crippen molar-refractivity contribution in [2.45, 2.75) is 51.7 Å². The number of piperazine rings is 1. The van der Waals surface area contributed by atoms with E-state index in [0.717, 1.165) is 12.1 Å². The lowest BCUT2D eigenvalue weighted by atomic mass is 10.0. The van der Waals surface area contributed by atoms with E-state index < -0.39 is 0 Å². The van der Waals surface area contributed by atoms with Gasteiger partial charge in [0, 0.05) is 30.7 Å². The third kappa shape index (κ3) is 1.50. The number of fused-ring (bicyclic) bond motifs is 2. The smallest absolute Gasteiger partial charge is 0.0244 e. The summed E-state index contributed by atoms with van der Waals surface area (Å²) in [6.45, 7) is 13.1. The van der Waals surface area contributed by atoms with Crippen LogP contribution in [0.3, 0.4) is 0 Å². The van der Waals surface area contributed by atoms with Gasteiger partial charge in [0.25, 0.3) is 0 Å². The van der Waals surface area contributed by atoms with Gasteiger partial charge in [-0.2, -0.15) is 0 Å². The van der Waals surface area contributed by atoms with Gasteiger partial charge in [-0.15, -0.1) is 0 Å². The zero-order chi connectivity index (χ0) is 9.64. The number of hydrogen-bond donors (Lipinski definition) is 0. The Labute approximate surface area is 81.9 Å². The molecule has 2 bridgehead atoms. The van der Waals surface area contributed by atoms with Crippen molar-refractivity contribution in [2.24, 2.45) is 0 Å². The third-order valence-electron chi connectivity index (χ3n) is 3.62. The number of likely N-dealkylation sites (N-methyl/N-ethyl adjacent to an activating group) is 1. The second-order valence-corrected chi connectivity index (χ2v) is 5.45. The van der Waals surface area contributed by atoms with Crippen LogP contribution in [-0.2, 0) is 0 Å². The first-order valence-corrected chi connectivity index (χ1v) is 5.53. The van der Waals surface area contributed by atoms with Gasteiger partial charge in [0.05, 0.1) is 0 Å². The molecule has 2 heteroatoms. The molecule has 0 aromatic carbocycles. The van der Waals surface area contributed by atoms with Crippen LogP contribution in [0.2, 0.25) is 0 Å². The topological polar surface area (TPSA) is 6.48 Å². The van der Waals surface area contributed by atoms with Crippen molar-refractivity contribution in [2.75, 3.05) is 19.6 Å². The van der Waals surface area contributed by atoms with Gasteiger partial charge >= 0.3 is 0 Å². The Kier molecular flexibility index (Phi) is 2.16. The molecule has 2 rings (SSSR count). The molecule has 0 N–H and O–H groups in total. The molecule has 0 aliphatic carbocycles. The average Bonchev–Trinajstić information content (AvgIpc) is 2.59. The molecule has 0 aromatic heterocycles. The monoisotopic (exact) mass is 182 g/mol. The van der Waals surface area contributed by atoms with Crippen LogP contribution in [0.4, 0.5) is 0 Å². The summed E-state index contributed by atoms with van der Waals surface area (Å²) in [5.74, 6) is 0. The van der Waals surface area contributed by atoms with E-state index in [4.69, 9.17) is 0 Å². The van der Waals surface area contributed by atoms with Crippen molar-refractivity contribution in [1.29, 1.82) is 0 Å². The molecule has 0 spiro atoms. The van der Waals surface area contributed by atoms with Crippen LogP contribution < -0.4 is 0 Å². The fraction of sp³-hybridized carbons (Fsp3) is 1.00. The molecule has 2 unspecified atom stereocenters.